The molecule has 15 heavy (non-hydrogen) atoms. The average Bonchev–Trinajstić information content (AvgIpc) is 2.70. The van der Waals surface area contributed by atoms with Gasteiger partial charge in [-0.15, -0.1) is 0 Å². The lowest BCUT2D eigenvalue weighted by molar-refractivity contribution is 0.506. The Kier molecular flexibility index (Phi) is 3.21. The molecule has 1 aromatic carbocycles. The molecule has 0 spiro atoms. The Morgan fingerprint density at radius 2 is 2.13 bits per heavy atom. The van der Waals surface area contributed by atoms with E-state index in [2.05, 4.69) is 15.9 Å². The molecule has 1 heterocycles. The molecule has 2 rings (SSSR count). The van der Waals surface area contributed by atoms with Gasteiger partial charge >= 0.3 is 0 Å². The average molecular weight is 269 g/mol. The predicted octanol–water partition coefficient (Wildman–Crippen LogP) is 4.10. The second-order valence-electron chi connectivity index (χ2n) is 3.32. The van der Waals surface area contributed by atoms with Crippen molar-refractivity contribution in [3.05, 3.63) is 59.8 Å². The van der Waals surface area contributed by atoms with E-state index in [9.17, 15) is 4.39 Å². The fourth-order valence-electron chi connectivity index (χ4n) is 1.44. The van der Waals surface area contributed by atoms with Crippen LogP contribution in [0, 0.1) is 5.82 Å². The minimum atomic E-state index is -0.202. The summed E-state index contributed by atoms with van der Waals surface area (Å²) < 4.78 is 18.2. The molecule has 0 aliphatic heterocycles. The highest BCUT2D eigenvalue weighted by Gasteiger charge is 2.11. The second-order valence-corrected chi connectivity index (χ2v) is 4.42. The van der Waals surface area contributed by atoms with E-state index in [1.54, 1.807) is 12.3 Å². The lowest BCUT2D eigenvalue weighted by Gasteiger charge is -2.06. The highest BCUT2D eigenvalue weighted by molar-refractivity contribution is 9.09. The Labute approximate surface area is 96.0 Å². The standard InChI is InChI=1S/C12H10BrFO/c13-11(12-5-2-6-15-12)8-9-3-1-4-10(14)7-9/h1-7,11H,8H2. The van der Waals surface area contributed by atoms with Crippen molar-refractivity contribution in [2.24, 2.45) is 0 Å². The first-order chi connectivity index (χ1) is 7.25. The highest BCUT2D eigenvalue weighted by atomic mass is 79.9. The molecule has 3 heteroatoms. The van der Waals surface area contributed by atoms with Crippen LogP contribution >= 0.6 is 15.9 Å². The minimum absolute atomic E-state index is 0.0919. The van der Waals surface area contributed by atoms with Crippen molar-refractivity contribution in [2.75, 3.05) is 0 Å². The Bertz CT molecular complexity index is 425. The molecule has 78 valence electrons. The van der Waals surface area contributed by atoms with Crippen LogP contribution in [0.1, 0.15) is 16.2 Å². The lowest BCUT2D eigenvalue weighted by atomic mass is 10.1. The van der Waals surface area contributed by atoms with Crippen LogP contribution in [0.4, 0.5) is 4.39 Å². The Hall–Kier alpha value is -1.09. The smallest absolute Gasteiger partial charge is 0.123 e. The van der Waals surface area contributed by atoms with E-state index >= 15 is 0 Å². The van der Waals surface area contributed by atoms with Gasteiger partial charge in [0, 0.05) is 0 Å². The number of hydrogen-bond donors (Lipinski definition) is 0. The van der Waals surface area contributed by atoms with E-state index in [1.165, 1.54) is 12.1 Å². The van der Waals surface area contributed by atoms with Gasteiger partial charge in [0.05, 0.1) is 11.1 Å². The van der Waals surface area contributed by atoms with E-state index in [1.807, 2.05) is 18.2 Å². The maximum absolute atomic E-state index is 12.9. The van der Waals surface area contributed by atoms with Crippen LogP contribution in [-0.2, 0) is 6.42 Å². The molecular formula is C12H10BrFO. The Morgan fingerprint density at radius 1 is 1.27 bits per heavy atom. The number of hydrogen-bond acceptors (Lipinski definition) is 1. The fourth-order valence-corrected chi connectivity index (χ4v) is 2.08. The maximum atomic E-state index is 12.9. The molecule has 0 saturated carbocycles. The molecule has 0 radical (unpaired) electrons. The highest BCUT2D eigenvalue weighted by Crippen LogP contribution is 2.27. The summed E-state index contributed by atoms with van der Waals surface area (Å²) in [4.78, 5) is 0.0919. The first-order valence-corrected chi connectivity index (χ1v) is 5.59. The number of rotatable bonds is 3. The predicted molar refractivity (Wildman–Crippen MR) is 60.5 cm³/mol. The summed E-state index contributed by atoms with van der Waals surface area (Å²) in [6.45, 7) is 0. The van der Waals surface area contributed by atoms with Gasteiger partial charge in [0.1, 0.15) is 11.6 Å². The van der Waals surface area contributed by atoms with Gasteiger partial charge in [-0.25, -0.2) is 4.39 Å². The SMILES string of the molecule is Fc1cccc(CC(Br)c2ccco2)c1. The van der Waals surface area contributed by atoms with Gasteiger partial charge in [-0.05, 0) is 36.2 Å². The first kappa shape index (κ1) is 10.4. The molecule has 0 aliphatic carbocycles. The second kappa shape index (κ2) is 4.62. The summed E-state index contributed by atoms with van der Waals surface area (Å²) >= 11 is 3.51. The number of alkyl halides is 1. The fraction of sp³-hybridized carbons (Fsp3) is 0.167. The third-order valence-electron chi connectivity index (χ3n) is 2.16. The quantitative estimate of drug-likeness (QED) is 0.764. The van der Waals surface area contributed by atoms with Crippen molar-refractivity contribution >= 4 is 15.9 Å². The Morgan fingerprint density at radius 3 is 2.80 bits per heavy atom. The molecule has 1 unspecified atom stereocenters. The van der Waals surface area contributed by atoms with Crippen molar-refractivity contribution in [2.45, 2.75) is 11.2 Å². The molecule has 0 saturated heterocycles. The number of furan rings is 1. The Balaban J connectivity index is 2.09. The molecule has 1 nitrogen and oxygen atoms in total. The van der Waals surface area contributed by atoms with Crippen LogP contribution in [0.5, 0.6) is 0 Å². The summed E-state index contributed by atoms with van der Waals surface area (Å²) in [6.07, 6.45) is 2.35. The van der Waals surface area contributed by atoms with Gasteiger partial charge in [0.15, 0.2) is 0 Å². The summed E-state index contributed by atoms with van der Waals surface area (Å²) in [6, 6.07) is 10.3. The third-order valence-corrected chi connectivity index (χ3v) is 2.93. The molecule has 0 aliphatic rings. The zero-order valence-corrected chi connectivity index (χ0v) is 9.58. The van der Waals surface area contributed by atoms with Crippen molar-refractivity contribution in [3.8, 4) is 0 Å². The molecule has 2 aromatic rings. The molecule has 0 bridgehead atoms. The lowest BCUT2D eigenvalue weighted by Crippen LogP contribution is -1.94. The summed E-state index contributed by atoms with van der Waals surface area (Å²) in [7, 11) is 0. The van der Waals surface area contributed by atoms with Crippen LogP contribution < -0.4 is 0 Å². The molecule has 0 N–H and O–H groups in total. The maximum Gasteiger partial charge on any atom is 0.123 e. The van der Waals surface area contributed by atoms with Gasteiger partial charge < -0.3 is 4.42 Å². The van der Waals surface area contributed by atoms with Gasteiger partial charge in [-0.3, -0.25) is 0 Å². The molecule has 0 fully saturated rings. The zero-order valence-electron chi connectivity index (χ0n) is 7.99. The van der Waals surface area contributed by atoms with E-state index in [4.69, 9.17) is 4.42 Å². The van der Waals surface area contributed by atoms with Gasteiger partial charge in [-0.2, -0.15) is 0 Å². The van der Waals surface area contributed by atoms with Gasteiger partial charge in [-0.1, -0.05) is 28.1 Å². The molecular weight excluding hydrogens is 259 g/mol. The third kappa shape index (κ3) is 2.69. The van der Waals surface area contributed by atoms with E-state index in [0.717, 1.165) is 11.3 Å². The van der Waals surface area contributed by atoms with Crippen molar-refractivity contribution < 1.29 is 8.81 Å². The largest absolute Gasteiger partial charge is 0.468 e. The summed E-state index contributed by atoms with van der Waals surface area (Å²) in [5.74, 6) is 0.658. The number of benzene rings is 1. The van der Waals surface area contributed by atoms with Crippen molar-refractivity contribution in [1.82, 2.24) is 0 Å². The molecule has 1 aromatic heterocycles. The summed E-state index contributed by atoms with van der Waals surface area (Å²) in [5, 5.41) is 0. The van der Waals surface area contributed by atoms with Crippen LogP contribution in [0.25, 0.3) is 0 Å². The van der Waals surface area contributed by atoms with Crippen molar-refractivity contribution in [3.63, 3.8) is 0 Å². The number of halogens is 2. The topological polar surface area (TPSA) is 13.1 Å². The minimum Gasteiger partial charge on any atom is -0.468 e. The van der Waals surface area contributed by atoms with Crippen LogP contribution in [0.15, 0.2) is 47.1 Å². The van der Waals surface area contributed by atoms with E-state index in [0.29, 0.717) is 6.42 Å². The van der Waals surface area contributed by atoms with Gasteiger partial charge in [0.25, 0.3) is 0 Å². The normalized spacial score (nSPS) is 12.7. The monoisotopic (exact) mass is 268 g/mol. The van der Waals surface area contributed by atoms with Crippen LogP contribution in [0.3, 0.4) is 0 Å². The van der Waals surface area contributed by atoms with E-state index in [-0.39, 0.29) is 10.6 Å². The van der Waals surface area contributed by atoms with Crippen molar-refractivity contribution in [1.29, 1.82) is 0 Å². The van der Waals surface area contributed by atoms with Gasteiger partial charge in [0.2, 0.25) is 0 Å². The summed E-state index contributed by atoms with van der Waals surface area (Å²) in [5.41, 5.74) is 0.952. The first-order valence-electron chi connectivity index (χ1n) is 4.67. The van der Waals surface area contributed by atoms with Crippen LogP contribution in [0.2, 0.25) is 0 Å². The zero-order chi connectivity index (χ0) is 10.7. The molecule has 1 atom stereocenters. The molecule has 0 amide bonds. The van der Waals surface area contributed by atoms with E-state index < -0.39 is 0 Å². The van der Waals surface area contributed by atoms with Crippen LogP contribution in [-0.4, -0.2) is 0 Å².